The van der Waals surface area contributed by atoms with Crippen LogP contribution < -0.4 is 14.4 Å². The number of hydrogen-bond donors (Lipinski definition) is 1. The highest BCUT2D eigenvalue weighted by Crippen LogP contribution is 2.34. The molecule has 0 aliphatic rings. The highest BCUT2D eigenvalue weighted by Gasteiger charge is 2.22. The maximum absolute atomic E-state index is 12.9. The minimum Gasteiger partial charge on any atom is -0.493 e. The number of hydrogen-bond acceptors (Lipinski definition) is 7. The monoisotopic (exact) mass is 519 g/mol. The molecule has 8 nitrogen and oxygen atoms in total. The molecule has 0 saturated carbocycles. The standard InChI is InChI=1S/C26H21N3O5S2/c1-29(19-8-4-3-5-9-19)36(31,32)20-13-11-17(12-14-20)25(30)28-26-27-21(16-35-26)23-15-18-7-6-10-22(33-2)24(18)34-23/h3-16H,1-2H3,(H,27,28,30). The summed E-state index contributed by atoms with van der Waals surface area (Å²) in [5.41, 5.74) is 2.06. The highest BCUT2D eigenvalue weighted by molar-refractivity contribution is 7.92. The van der Waals surface area contributed by atoms with Crippen LogP contribution in [-0.4, -0.2) is 33.5 Å². The van der Waals surface area contributed by atoms with E-state index in [0.717, 1.165) is 5.39 Å². The number of furan rings is 1. The maximum atomic E-state index is 12.9. The van der Waals surface area contributed by atoms with Crippen molar-refractivity contribution in [2.24, 2.45) is 0 Å². The van der Waals surface area contributed by atoms with E-state index >= 15 is 0 Å². The van der Waals surface area contributed by atoms with Gasteiger partial charge in [0.15, 0.2) is 22.2 Å². The van der Waals surface area contributed by atoms with Gasteiger partial charge in [-0.1, -0.05) is 30.3 Å². The van der Waals surface area contributed by atoms with Crippen molar-refractivity contribution in [3.63, 3.8) is 0 Å². The zero-order chi connectivity index (χ0) is 25.3. The second-order valence-electron chi connectivity index (χ2n) is 7.81. The summed E-state index contributed by atoms with van der Waals surface area (Å²) in [6, 6.07) is 22.0. The van der Waals surface area contributed by atoms with Crippen LogP contribution in [0.3, 0.4) is 0 Å². The van der Waals surface area contributed by atoms with Gasteiger partial charge < -0.3 is 9.15 Å². The lowest BCUT2D eigenvalue weighted by molar-refractivity contribution is 0.102. The molecule has 5 aromatic rings. The number of ether oxygens (including phenoxy) is 1. The van der Waals surface area contributed by atoms with Gasteiger partial charge in [0.1, 0.15) is 5.69 Å². The lowest BCUT2D eigenvalue weighted by Crippen LogP contribution is -2.26. The van der Waals surface area contributed by atoms with E-state index in [0.29, 0.717) is 39.2 Å². The molecule has 0 radical (unpaired) electrons. The summed E-state index contributed by atoms with van der Waals surface area (Å²) in [5.74, 6) is 0.786. The predicted molar refractivity (Wildman–Crippen MR) is 140 cm³/mol. The Balaban J connectivity index is 1.31. The summed E-state index contributed by atoms with van der Waals surface area (Å²) in [4.78, 5) is 17.3. The normalized spacial score (nSPS) is 11.4. The predicted octanol–water partition coefficient (Wildman–Crippen LogP) is 5.64. The molecular weight excluding hydrogens is 498 g/mol. The van der Waals surface area contributed by atoms with Crippen molar-refractivity contribution in [1.82, 2.24) is 4.98 Å². The van der Waals surface area contributed by atoms with Crippen LogP contribution in [0.5, 0.6) is 5.75 Å². The minimum atomic E-state index is -3.76. The summed E-state index contributed by atoms with van der Waals surface area (Å²) < 4.78 is 38.4. The molecule has 2 aromatic heterocycles. The van der Waals surface area contributed by atoms with Crippen LogP contribution in [-0.2, 0) is 10.0 Å². The fourth-order valence-electron chi connectivity index (χ4n) is 3.65. The fraction of sp³-hybridized carbons (Fsp3) is 0.0769. The summed E-state index contributed by atoms with van der Waals surface area (Å²) >= 11 is 1.26. The Morgan fingerprint density at radius 2 is 1.78 bits per heavy atom. The average Bonchev–Trinajstić information content (AvgIpc) is 3.55. The Bertz CT molecular complexity index is 1640. The number of benzene rings is 3. The number of nitrogens with one attached hydrogen (secondary N) is 1. The van der Waals surface area contributed by atoms with Crippen LogP contribution >= 0.6 is 11.3 Å². The van der Waals surface area contributed by atoms with Gasteiger partial charge in [0, 0.05) is 23.4 Å². The highest BCUT2D eigenvalue weighted by atomic mass is 32.2. The van der Waals surface area contributed by atoms with Gasteiger partial charge in [-0.3, -0.25) is 14.4 Å². The lowest BCUT2D eigenvalue weighted by atomic mass is 10.2. The molecule has 0 aliphatic carbocycles. The van der Waals surface area contributed by atoms with E-state index in [4.69, 9.17) is 9.15 Å². The van der Waals surface area contributed by atoms with Gasteiger partial charge in [-0.2, -0.15) is 0 Å². The summed E-state index contributed by atoms with van der Waals surface area (Å²) in [6.45, 7) is 0. The molecule has 1 amide bonds. The molecule has 5 rings (SSSR count). The van der Waals surface area contributed by atoms with E-state index in [2.05, 4.69) is 10.3 Å². The topological polar surface area (TPSA) is 102 Å². The molecule has 0 aliphatic heterocycles. The summed E-state index contributed by atoms with van der Waals surface area (Å²) in [7, 11) is -0.695. The smallest absolute Gasteiger partial charge is 0.264 e. The van der Waals surface area contributed by atoms with Crippen molar-refractivity contribution < 1.29 is 22.4 Å². The van der Waals surface area contributed by atoms with Crippen molar-refractivity contribution in [2.45, 2.75) is 4.90 Å². The van der Waals surface area contributed by atoms with Gasteiger partial charge in [0.25, 0.3) is 15.9 Å². The molecule has 36 heavy (non-hydrogen) atoms. The Morgan fingerprint density at radius 3 is 2.50 bits per heavy atom. The number of anilines is 2. The van der Waals surface area contributed by atoms with Crippen molar-refractivity contribution >= 4 is 49.1 Å². The molecule has 1 N–H and O–H groups in total. The molecule has 0 bridgehead atoms. The third-order valence-corrected chi connectivity index (χ3v) is 8.16. The van der Waals surface area contributed by atoms with Crippen LogP contribution in [0.2, 0.25) is 0 Å². The van der Waals surface area contributed by atoms with Crippen molar-refractivity contribution in [3.05, 3.63) is 89.8 Å². The molecule has 182 valence electrons. The van der Waals surface area contributed by atoms with Crippen LogP contribution in [0.15, 0.2) is 93.6 Å². The van der Waals surface area contributed by atoms with E-state index in [1.165, 1.54) is 47.0 Å². The maximum Gasteiger partial charge on any atom is 0.264 e. The van der Waals surface area contributed by atoms with E-state index in [1.54, 1.807) is 36.8 Å². The van der Waals surface area contributed by atoms with Gasteiger partial charge >= 0.3 is 0 Å². The molecule has 0 atom stereocenters. The molecule has 0 spiro atoms. The molecule has 3 aromatic carbocycles. The number of methoxy groups -OCH3 is 1. The number of nitrogens with zero attached hydrogens (tertiary/aromatic N) is 2. The number of carbonyl (C=O) groups is 1. The molecule has 2 heterocycles. The quantitative estimate of drug-likeness (QED) is 0.299. The van der Waals surface area contributed by atoms with Crippen molar-refractivity contribution in [3.8, 4) is 17.2 Å². The third-order valence-electron chi connectivity index (χ3n) is 5.60. The largest absolute Gasteiger partial charge is 0.493 e. The second kappa shape index (κ2) is 9.48. The van der Waals surface area contributed by atoms with E-state index in [9.17, 15) is 13.2 Å². The molecular formula is C26H21N3O5S2. The first-order valence-corrected chi connectivity index (χ1v) is 13.2. The third kappa shape index (κ3) is 4.43. The van der Waals surface area contributed by atoms with Crippen molar-refractivity contribution in [1.29, 1.82) is 0 Å². The number of thiazole rings is 1. The Kier molecular flexibility index (Phi) is 6.21. The first-order valence-electron chi connectivity index (χ1n) is 10.8. The number of fused-ring (bicyclic) bond motifs is 1. The Labute approximate surface area is 211 Å². The van der Waals surface area contributed by atoms with E-state index in [-0.39, 0.29) is 4.90 Å². The Morgan fingerprint density at radius 1 is 1.03 bits per heavy atom. The number of sulfonamides is 1. The van der Waals surface area contributed by atoms with E-state index < -0.39 is 15.9 Å². The number of aromatic nitrogens is 1. The number of carbonyl (C=O) groups excluding carboxylic acids is 1. The van der Waals surface area contributed by atoms with Crippen LogP contribution in [0, 0.1) is 0 Å². The van der Waals surface area contributed by atoms with Gasteiger partial charge in [0.2, 0.25) is 0 Å². The van der Waals surface area contributed by atoms with Gasteiger partial charge in [-0.15, -0.1) is 11.3 Å². The SMILES string of the molecule is COc1cccc2cc(-c3csc(NC(=O)c4ccc(S(=O)(=O)N(C)c5ccccc5)cc4)n3)oc12. The first kappa shape index (κ1) is 23.6. The fourth-order valence-corrected chi connectivity index (χ4v) is 5.54. The Hall–Kier alpha value is -4.15. The van der Waals surface area contributed by atoms with Gasteiger partial charge in [0.05, 0.1) is 17.7 Å². The zero-order valence-corrected chi connectivity index (χ0v) is 21.0. The summed E-state index contributed by atoms with van der Waals surface area (Å²) in [6.07, 6.45) is 0. The minimum absolute atomic E-state index is 0.0854. The molecule has 10 heteroatoms. The van der Waals surface area contributed by atoms with Crippen LogP contribution in [0.4, 0.5) is 10.8 Å². The van der Waals surface area contributed by atoms with Gasteiger partial charge in [-0.05, 0) is 48.5 Å². The van der Waals surface area contributed by atoms with E-state index in [1.807, 2.05) is 30.3 Å². The molecule has 0 unspecified atom stereocenters. The van der Waals surface area contributed by atoms with Crippen LogP contribution in [0.1, 0.15) is 10.4 Å². The van der Waals surface area contributed by atoms with Crippen LogP contribution in [0.25, 0.3) is 22.4 Å². The number of amides is 1. The van der Waals surface area contributed by atoms with Gasteiger partial charge in [-0.25, -0.2) is 13.4 Å². The summed E-state index contributed by atoms with van der Waals surface area (Å²) in [5, 5.41) is 5.82. The second-order valence-corrected chi connectivity index (χ2v) is 10.6. The molecule has 0 saturated heterocycles. The number of rotatable bonds is 7. The number of para-hydroxylation sites is 2. The first-order chi connectivity index (χ1) is 17.4. The van der Waals surface area contributed by atoms with Crippen molar-refractivity contribution in [2.75, 3.05) is 23.8 Å². The zero-order valence-electron chi connectivity index (χ0n) is 19.3. The average molecular weight is 520 g/mol. The molecule has 0 fully saturated rings. The lowest BCUT2D eigenvalue weighted by Gasteiger charge is -2.19.